The van der Waals surface area contributed by atoms with Gasteiger partial charge in [0.25, 0.3) is 5.91 Å². The molecule has 5 aliphatic rings. The van der Waals surface area contributed by atoms with Crippen LogP contribution in [0.5, 0.6) is 0 Å². The van der Waals surface area contributed by atoms with E-state index in [2.05, 4.69) is 11.8 Å². The summed E-state index contributed by atoms with van der Waals surface area (Å²) >= 11 is 0. The van der Waals surface area contributed by atoms with Crippen LogP contribution in [0.2, 0.25) is 0 Å². The Morgan fingerprint density at radius 2 is 1.72 bits per heavy atom. The van der Waals surface area contributed by atoms with Crippen LogP contribution in [0.15, 0.2) is 4.99 Å². The molecule has 4 fully saturated rings. The smallest absolute Gasteiger partial charge is 0.475 e. The van der Waals surface area contributed by atoms with E-state index in [9.17, 15) is 18.0 Å². The van der Waals surface area contributed by atoms with Crippen molar-refractivity contribution in [2.24, 2.45) is 28.7 Å². The van der Waals surface area contributed by atoms with Crippen molar-refractivity contribution < 1.29 is 27.9 Å². The number of halogens is 3. The van der Waals surface area contributed by atoms with Gasteiger partial charge in [-0.05, 0) is 63.2 Å². The molecular formula is C20H28F3N3O3. The summed E-state index contributed by atoms with van der Waals surface area (Å²) in [4.78, 5) is 31.7. The van der Waals surface area contributed by atoms with Gasteiger partial charge in [-0.25, -0.2) is 4.79 Å². The van der Waals surface area contributed by atoms with Crippen molar-refractivity contribution >= 4 is 17.7 Å². The topological polar surface area (TPSA) is 73.2 Å². The Morgan fingerprint density at radius 3 is 2.28 bits per heavy atom. The number of amidine groups is 1. The molecule has 1 spiro atoms. The molecule has 0 aromatic rings. The second-order valence-corrected chi connectivity index (χ2v) is 9.31. The first-order valence-corrected chi connectivity index (χ1v) is 10.5. The minimum Gasteiger partial charge on any atom is -0.475 e. The highest BCUT2D eigenvalue weighted by Gasteiger charge is 2.60. The number of amides is 1. The molecule has 29 heavy (non-hydrogen) atoms. The van der Waals surface area contributed by atoms with Crippen molar-refractivity contribution in [1.82, 2.24) is 9.80 Å². The summed E-state index contributed by atoms with van der Waals surface area (Å²) in [5, 5.41) is 7.12. The number of hydrogen-bond acceptors (Lipinski definition) is 4. The number of carboxylic acids is 1. The van der Waals surface area contributed by atoms with Crippen molar-refractivity contribution in [3.8, 4) is 0 Å². The number of aliphatic imine (C=N–C) groups is 1. The molecule has 1 amide bonds. The molecule has 0 aromatic carbocycles. The van der Waals surface area contributed by atoms with Gasteiger partial charge in [0.05, 0.1) is 0 Å². The predicted octanol–water partition coefficient (Wildman–Crippen LogP) is 2.78. The van der Waals surface area contributed by atoms with Crippen LogP contribution in [0, 0.1) is 23.7 Å². The van der Waals surface area contributed by atoms with Crippen molar-refractivity contribution in [1.29, 1.82) is 0 Å². The van der Waals surface area contributed by atoms with Crippen LogP contribution in [-0.2, 0) is 9.59 Å². The number of nitrogens with zero attached hydrogens (tertiary/aromatic N) is 3. The van der Waals surface area contributed by atoms with Crippen LogP contribution in [0.3, 0.4) is 0 Å². The van der Waals surface area contributed by atoms with Crippen LogP contribution < -0.4 is 0 Å². The minimum absolute atomic E-state index is 0.345. The summed E-state index contributed by atoms with van der Waals surface area (Å²) in [7, 11) is 0. The molecule has 9 heteroatoms. The molecule has 3 aliphatic carbocycles. The van der Waals surface area contributed by atoms with Crippen LogP contribution in [-0.4, -0.2) is 70.5 Å². The summed E-state index contributed by atoms with van der Waals surface area (Å²) in [5.41, 5.74) is -0.373. The molecule has 0 radical (unpaired) electrons. The highest BCUT2D eigenvalue weighted by molar-refractivity contribution is 6.07. The van der Waals surface area contributed by atoms with Gasteiger partial charge in [0, 0.05) is 32.1 Å². The number of likely N-dealkylation sites (tertiary alicyclic amines) is 1. The van der Waals surface area contributed by atoms with Gasteiger partial charge in [0.1, 0.15) is 11.4 Å². The lowest BCUT2D eigenvalue weighted by Gasteiger charge is -2.28. The van der Waals surface area contributed by atoms with Gasteiger partial charge in [-0.3, -0.25) is 14.7 Å². The van der Waals surface area contributed by atoms with Crippen LogP contribution in [0.25, 0.3) is 0 Å². The van der Waals surface area contributed by atoms with Gasteiger partial charge >= 0.3 is 12.1 Å². The fourth-order valence-corrected chi connectivity index (χ4v) is 5.16. The first-order valence-electron chi connectivity index (χ1n) is 10.5. The Balaban J connectivity index is 0.000000255. The number of aliphatic carboxylic acids is 1. The van der Waals surface area contributed by atoms with Crippen molar-refractivity contribution in [3.05, 3.63) is 0 Å². The predicted molar refractivity (Wildman–Crippen MR) is 99.3 cm³/mol. The summed E-state index contributed by atoms with van der Waals surface area (Å²) in [6, 6.07) is 0. The second kappa shape index (κ2) is 7.25. The Bertz CT molecular complexity index is 717. The molecular weight excluding hydrogens is 387 g/mol. The van der Waals surface area contributed by atoms with Gasteiger partial charge in [0.2, 0.25) is 0 Å². The van der Waals surface area contributed by atoms with Crippen LogP contribution in [0.1, 0.15) is 45.4 Å². The molecule has 162 valence electrons. The normalized spacial score (nSPS) is 34.3. The molecule has 5 rings (SSSR count). The number of alkyl halides is 3. The van der Waals surface area contributed by atoms with Crippen molar-refractivity contribution in [2.75, 3.05) is 26.2 Å². The summed E-state index contributed by atoms with van der Waals surface area (Å²) in [6.07, 6.45) is 2.55. The molecule has 0 unspecified atom stereocenters. The Labute approximate surface area is 168 Å². The molecule has 3 saturated carbocycles. The average molecular weight is 415 g/mol. The molecule has 0 bridgehead atoms. The highest BCUT2D eigenvalue weighted by Crippen LogP contribution is 2.51. The first kappa shape index (κ1) is 20.6. The van der Waals surface area contributed by atoms with E-state index in [4.69, 9.17) is 14.9 Å². The number of carboxylic acid groups (broad SMARTS) is 1. The van der Waals surface area contributed by atoms with Crippen LogP contribution >= 0.6 is 0 Å². The van der Waals surface area contributed by atoms with E-state index in [1.807, 2.05) is 4.90 Å². The van der Waals surface area contributed by atoms with Gasteiger partial charge in [-0.2, -0.15) is 13.2 Å². The fraction of sp³-hybridized carbons (Fsp3) is 0.850. The zero-order valence-electron chi connectivity index (χ0n) is 16.6. The Kier molecular flexibility index (Phi) is 5.16. The number of carbonyl (C=O) groups excluding carboxylic acids is 1. The van der Waals surface area contributed by atoms with E-state index >= 15 is 0 Å². The third-order valence-electron chi connectivity index (χ3n) is 6.99. The van der Waals surface area contributed by atoms with Gasteiger partial charge in [-0.15, -0.1) is 0 Å². The van der Waals surface area contributed by atoms with E-state index in [-0.39, 0.29) is 5.54 Å². The van der Waals surface area contributed by atoms with E-state index in [0.29, 0.717) is 17.7 Å². The molecule has 2 heterocycles. The lowest BCUT2D eigenvalue weighted by Crippen LogP contribution is -2.47. The molecule has 1 N–H and O–H groups in total. The molecule has 3 atom stereocenters. The third kappa shape index (κ3) is 4.15. The third-order valence-corrected chi connectivity index (χ3v) is 6.99. The molecule has 6 nitrogen and oxygen atoms in total. The minimum atomic E-state index is -5.08. The second-order valence-electron chi connectivity index (χ2n) is 9.31. The van der Waals surface area contributed by atoms with Gasteiger partial charge in [-0.1, -0.05) is 0 Å². The van der Waals surface area contributed by atoms with E-state index < -0.39 is 12.1 Å². The van der Waals surface area contributed by atoms with E-state index in [0.717, 1.165) is 37.2 Å². The summed E-state index contributed by atoms with van der Waals surface area (Å²) in [6.45, 7) is 6.58. The Morgan fingerprint density at radius 1 is 1.14 bits per heavy atom. The average Bonchev–Trinajstić information content (AvgIpc) is 3.52. The maximum absolute atomic E-state index is 13.2. The van der Waals surface area contributed by atoms with Crippen molar-refractivity contribution in [3.63, 3.8) is 0 Å². The SMILES string of the molecule is CC1=N[C@@]2(CC[C@@H]3CN(CC4CC4)C[C@@H]32)C(=O)N1CC1CC1.O=C(O)C(F)(F)F. The molecule has 1 saturated heterocycles. The quantitative estimate of drug-likeness (QED) is 0.766. The van der Waals surface area contributed by atoms with Gasteiger partial charge in [0.15, 0.2) is 0 Å². The standard InChI is InChI=1S/C18H27N3O.C2HF3O2/c1-12-19-18(17(22)21(12)9-14-4-5-14)7-6-15-10-20(11-16(15)18)8-13-2-3-13;3-2(4,5)1(6)7/h13-16H,2-11H2,1H3;(H,6,7)/t15-,16+,18-;/m1./s1. The maximum Gasteiger partial charge on any atom is 0.490 e. The monoisotopic (exact) mass is 415 g/mol. The lowest BCUT2D eigenvalue weighted by molar-refractivity contribution is -0.192. The summed E-state index contributed by atoms with van der Waals surface area (Å²) < 4.78 is 31.7. The fourth-order valence-electron chi connectivity index (χ4n) is 5.16. The lowest BCUT2D eigenvalue weighted by atomic mass is 9.85. The van der Waals surface area contributed by atoms with Crippen molar-refractivity contribution in [2.45, 2.75) is 57.2 Å². The Hall–Kier alpha value is -1.64. The summed E-state index contributed by atoms with van der Waals surface area (Å²) in [5.74, 6) is 1.48. The number of fused-ring (bicyclic) bond motifs is 2. The van der Waals surface area contributed by atoms with E-state index in [1.165, 1.54) is 45.2 Å². The maximum atomic E-state index is 13.2. The zero-order valence-corrected chi connectivity index (χ0v) is 16.6. The largest absolute Gasteiger partial charge is 0.490 e. The van der Waals surface area contributed by atoms with Crippen LogP contribution in [0.4, 0.5) is 13.2 Å². The molecule has 2 aliphatic heterocycles. The number of carbonyl (C=O) groups is 2. The van der Waals surface area contributed by atoms with E-state index in [1.54, 1.807) is 0 Å². The molecule has 0 aromatic heterocycles. The number of rotatable bonds is 4. The number of hydrogen-bond donors (Lipinski definition) is 1. The first-order chi connectivity index (χ1) is 13.6. The highest BCUT2D eigenvalue weighted by atomic mass is 19.4. The zero-order chi connectivity index (χ0) is 21.0. The van der Waals surface area contributed by atoms with Gasteiger partial charge < -0.3 is 10.0 Å².